The molecule has 18 heavy (non-hydrogen) atoms. The van der Waals surface area contributed by atoms with Crippen molar-refractivity contribution in [1.82, 2.24) is 0 Å². The van der Waals surface area contributed by atoms with Gasteiger partial charge in [-0.15, -0.1) is 0 Å². The Labute approximate surface area is 116 Å². The summed E-state index contributed by atoms with van der Waals surface area (Å²) in [6, 6.07) is 13.5. The van der Waals surface area contributed by atoms with Gasteiger partial charge in [-0.25, -0.2) is 0 Å². The molecule has 0 heterocycles. The van der Waals surface area contributed by atoms with E-state index in [4.69, 9.17) is 21.1 Å². The molecule has 2 nitrogen and oxygen atoms in total. The zero-order valence-corrected chi connectivity index (χ0v) is 11.7. The van der Waals surface area contributed by atoms with E-state index in [2.05, 4.69) is 0 Å². The van der Waals surface area contributed by atoms with E-state index in [0.717, 1.165) is 21.3 Å². The van der Waals surface area contributed by atoms with Crippen molar-refractivity contribution in [3.63, 3.8) is 0 Å². The first kappa shape index (κ1) is 13.1. The molecule has 2 aromatic rings. The van der Waals surface area contributed by atoms with E-state index >= 15 is 0 Å². The van der Waals surface area contributed by atoms with Crippen molar-refractivity contribution in [2.75, 3.05) is 14.2 Å². The topological polar surface area (TPSA) is 18.5 Å². The Morgan fingerprint density at radius 2 is 1.67 bits per heavy atom. The summed E-state index contributed by atoms with van der Waals surface area (Å²) >= 11 is 7.56. The lowest BCUT2D eigenvalue weighted by Gasteiger charge is -2.08. The highest BCUT2D eigenvalue weighted by molar-refractivity contribution is 7.99. The summed E-state index contributed by atoms with van der Waals surface area (Å²) in [5, 5.41) is 0.672. The number of hydrogen-bond acceptors (Lipinski definition) is 3. The van der Waals surface area contributed by atoms with Crippen molar-refractivity contribution in [3.8, 4) is 11.5 Å². The predicted molar refractivity (Wildman–Crippen MR) is 75.1 cm³/mol. The minimum absolute atomic E-state index is 0.672. The second-order valence-corrected chi connectivity index (χ2v) is 5.12. The summed E-state index contributed by atoms with van der Waals surface area (Å²) < 4.78 is 10.4. The SMILES string of the molecule is COc1ccc(Sc2ccc(Cl)cc2OC)cc1. The van der Waals surface area contributed by atoms with E-state index < -0.39 is 0 Å². The number of halogens is 1. The molecule has 0 amide bonds. The zero-order chi connectivity index (χ0) is 13.0. The quantitative estimate of drug-likeness (QED) is 0.821. The molecule has 0 spiro atoms. The van der Waals surface area contributed by atoms with Crippen molar-refractivity contribution >= 4 is 23.4 Å². The number of ether oxygens (including phenoxy) is 2. The fourth-order valence-electron chi connectivity index (χ4n) is 1.50. The summed E-state index contributed by atoms with van der Waals surface area (Å²) in [6.07, 6.45) is 0. The molecule has 0 unspecified atom stereocenters. The smallest absolute Gasteiger partial charge is 0.134 e. The number of hydrogen-bond donors (Lipinski definition) is 0. The third-order valence-electron chi connectivity index (χ3n) is 2.41. The van der Waals surface area contributed by atoms with E-state index in [1.807, 2.05) is 42.5 Å². The monoisotopic (exact) mass is 280 g/mol. The van der Waals surface area contributed by atoms with Crippen molar-refractivity contribution in [1.29, 1.82) is 0 Å². The maximum absolute atomic E-state index is 5.93. The molecule has 94 valence electrons. The highest BCUT2D eigenvalue weighted by Crippen LogP contribution is 2.36. The highest BCUT2D eigenvalue weighted by Gasteiger charge is 2.06. The van der Waals surface area contributed by atoms with Crippen LogP contribution in [0.2, 0.25) is 5.02 Å². The normalized spacial score (nSPS) is 10.2. The van der Waals surface area contributed by atoms with Crippen molar-refractivity contribution < 1.29 is 9.47 Å². The maximum Gasteiger partial charge on any atom is 0.134 e. The summed E-state index contributed by atoms with van der Waals surface area (Å²) in [5.74, 6) is 1.63. The number of benzene rings is 2. The third kappa shape index (κ3) is 3.12. The lowest BCUT2D eigenvalue weighted by atomic mass is 10.3. The summed E-state index contributed by atoms with van der Waals surface area (Å²) in [5.41, 5.74) is 0. The lowest BCUT2D eigenvalue weighted by molar-refractivity contribution is 0.405. The molecule has 2 aromatic carbocycles. The van der Waals surface area contributed by atoms with E-state index in [9.17, 15) is 0 Å². The molecule has 0 aromatic heterocycles. The van der Waals surface area contributed by atoms with Crippen LogP contribution in [0.4, 0.5) is 0 Å². The van der Waals surface area contributed by atoms with Crippen LogP contribution in [0.3, 0.4) is 0 Å². The second kappa shape index (κ2) is 6.03. The van der Waals surface area contributed by atoms with Gasteiger partial charge in [0.05, 0.1) is 19.1 Å². The van der Waals surface area contributed by atoms with E-state index in [-0.39, 0.29) is 0 Å². The van der Waals surface area contributed by atoms with Gasteiger partial charge in [0.25, 0.3) is 0 Å². The number of methoxy groups -OCH3 is 2. The average molecular weight is 281 g/mol. The van der Waals surface area contributed by atoms with E-state index in [1.54, 1.807) is 26.0 Å². The lowest BCUT2D eigenvalue weighted by Crippen LogP contribution is -1.86. The molecular weight excluding hydrogens is 268 g/mol. The van der Waals surface area contributed by atoms with Gasteiger partial charge in [0, 0.05) is 9.92 Å². The Kier molecular flexibility index (Phi) is 4.39. The average Bonchev–Trinajstić information content (AvgIpc) is 2.41. The Bertz CT molecular complexity index is 526. The second-order valence-electron chi connectivity index (χ2n) is 3.57. The minimum atomic E-state index is 0.672. The molecule has 0 fully saturated rings. The standard InChI is InChI=1S/C14H13ClO2S/c1-16-11-4-6-12(7-5-11)18-14-8-3-10(15)9-13(14)17-2/h3-9H,1-2H3. The summed E-state index contributed by atoms with van der Waals surface area (Å²) in [4.78, 5) is 2.16. The van der Waals surface area contributed by atoms with Crippen LogP contribution in [-0.4, -0.2) is 14.2 Å². The summed E-state index contributed by atoms with van der Waals surface area (Å²) in [6.45, 7) is 0. The van der Waals surface area contributed by atoms with Gasteiger partial charge in [-0.2, -0.15) is 0 Å². The van der Waals surface area contributed by atoms with Gasteiger partial charge < -0.3 is 9.47 Å². The van der Waals surface area contributed by atoms with Crippen LogP contribution in [-0.2, 0) is 0 Å². The largest absolute Gasteiger partial charge is 0.497 e. The Balaban J connectivity index is 2.22. The fraction of sp³-hybridized carbons (Fsp3) is 0.143. The molecule has 2 rings (SSSR count). The summed E-state index contributed by atoms with van der Waals surface area (Å²) in [7, 11) is 3.30. The molecule has 0 radical (unpaired) electrons. The first-order valence-electron chi connectivity index (χ1n) is 5.38. The van der Waals surface area contributed by atoms with Gasteiger partial charge in [0.1, 0.15) is 11.5 Å². The Hall–Kier alpha value is -1.32. The zero-order valence-electron chi connectivity index (χ0n) is 10.1. The van der Waals surface area contributed by atoms with E-state index in [1.165, 1.54) is 0 Å². The Morgan fingerprint density at radius 1 is 0.944 bits per heavy atom. The number of rotatable bonds is 4. The van der Waals surface area contributed by atoms with Crippen LogP contribution >= 0.6 is 23.4 Å². The van der Waals surface area contributed by atoms with Crippen LogP contribution in [0.5, 0.6) is 11.5 Å². The predicted octanol–water partition coefficient (Wildman–Crippen LogP) is 4.51. The van der Waals surface area contributed by atoms with Gasteiger partial charge >= 0.3 is 0 Å². The molecule has 0 saturated heterocycles. The first-order chi connectivity index (χ1) is 8.72. The van der Waals surface area contributed by atoms with Crippen molar-refractivity contribution in [2.24, 2.45) is 0 Å². The van der Waals surface area contributed by atoms with Gasteiger partial charge in [-0.05, 0) is 42.5 Å². The molecule has 0 aliphatic heterocycles. The van der Waals surface area contributed by atoms with Crippen LogP contribution in [0.15, 0.2) is 52.3 Å². The van der Waals surface area contributed by atoms with Gasteiger partial charge in [0.15, 0.2) is 0 Å². The van der Waals surface area contributed by atoms with Gasteiger partial charge in [-0.1, -0.05) is 23.4 Å². The minimum Gasteiger partial charge on any atom is -0.497 e. The highest BCUT2D eigenvalue weighted by atomic mass is 35.5. The molecule has 0 N–H and O–H groups in total. The van der Waals surface area contributed by atoms with Crippen LogP contribution < -0.4 is 9.47 Å². The molecule has 0 bridgehead atoms. The molecule has 0 atom stereocenters. The molecule has 0 aliphatic carbocycles. The van der Waals surface area contributed by atoms with Crippen molar-refractivity contribution in [2.45, 2.75) is 9.79 Å². The molecular formula is C14H13ClO2S. The fourth-order valence-corrected chi connectivity index (χ4v) is 2.56. The van der Waals surface area contributed by atoms with Crippen LogP contribution in [0.1, 0.15) is 0 Å². The third-order valence-corrected chi connectivity index (χ3v) is 3.71. The van der Waals surface area contributed by atoms with Crippen LogP contribution in [0.25, 0.3) is 0 Å². The molecule has 0 saturated carbocycles. The van der Waals surface area contributed by atoms with Gasteiger partial charge in [-0.3, -0.25) is 0 Å². The van der Waals surface area contributed by atoms with Crippen molar-refractivity contribution in [3.05, 3.63) is 47.5 Å². The maximum atomic E-state index is 5.93. The van der Waals surface area contributed by atoms with Crippen LogP contribution in [0, 0.1) is 0 Å². The Morgan fingerprint density at radius 3 is 2.28 bits per heavy atom. The molecule has 0 aliphatic rings. The van der Waals surface area contributed by atoms with Gasteiger partial charge in [0.2, 0.25) is 0 Å². The first-order valence-corrected chi connectivity index (χ1v) is 6.58. The molecule has 4 heteroatoms. The van der Waals surface area contributed by atoms with E-state index in [0.29, 0.717) is 5.02 Å².